The van der Waals surface area contributed by atoms with Gasteiger partial charge < -0.3 is 23.8 Å². The zero-order valence-corrected chi connectivity index (χ0v) is 31.2. The average Bonchev–Trinajstić information content (AvgIpc) is 3.64. The third kappa shape index (κ3) is 6.72. The van der Waals surface area contributed by atoms with Gasteiger partial charge in [0.1, 0.15) is 23.4 Å². The van der Waals surface area contributed by atoms with Crippen LogP contribution in [-0.2, 0) is 18.5 Å². The number of carbonyl (C=O) groups is 1. The highest BCUT2D eigenvalue weighted by Gasteiger charge is 2.63. The Balaban J connectivity index is 1.10. The molecule has 7 rings (SSSR count). The van der Waals surface area contributed by atoms with Crippen LogP contribution >= 0.6 is 8.53 Å². The van der Waals surface area contributed by atoms with Crippen molar-refractivity contribution in [2.45, 2.75) is 83.6 Å². The van der Waals surface area contributed by atoms with E-state index in [1.54, 1.807) is 0 Å². The van der Waals surface area contributed by atoms with E-state index in [9.17, 15) is 14.4 Å². The quantitative estimate of drug-likeness (QED) is 0.0686. The number of hydrogen-bond acceptors (Lipinski definition) is 9. The molecule has 0 aliphatic carbocycles. The summed E-state index contributed by atoms with van der Waals surface area (Å²) in [6.45, 7) is 10.6. The second-order valence-corrected chi connectivity index (χ2v) is 15.3. The number of fused-ring (bicyclic) bond motifs is 2. The number of carbonyl (C=O) groups excluding carboxylic acids is 1. The lowest BCUT2D eigenvalue weighted by atomic mass is 9.92. The molecule has 274 valence electrons. The van der Waals surface area contributed by atoms with Crippen LogP contribution < -0.4 is 16.6 Å². The van der Waals surface area contributed by atoms with Crippen LogP contribution in [0.15, 0.2) is 70.4 Å². The number of aromatic amines is 1. The Morgan fingerprint density at radius 2 is 1.77 bits per heavy atom. The van der Waals surface area contributed by atoms with E-state index in [2.05, 4.69) is 84.8 Å². The Bertz CT molecular complexity index is 2370. The van der Waals surface area contributed by atoms with Crippen molar-refractivity contribution in [2.75, 3.05) is 19.8 Å². The Morgan fingerprint density at radius 1 is 1.08 bits per heavy atom. The molecule has 2 aliphatic rings. The molecule has 13 heteroatoms. The van der Waals surface area contributed by atoms with Crippen molar-refractivity contribution in [3.63, 3.8) is 0 Å². The van der Waals surface area contributed by atoms with Crippen molar-refractivity contribution in [3.05, 3.63) is 92.8 Å². The van der Waals surface area contributed by atoms with Gasteiger partial charge in [-0.25, -0.2) is 9.46 Å². The molecule has 0 radical (unpaired) electrons. The van der Waals surface area contributed by atoms with Gasteiger partial charge in [0.05, 0.1) is 32.2 Å². The molecule has 2 unspecified atom stereocenters. The minimum Gasteiger partial charge on any atom is -0.368 e. The number of ether oxygens (including phenoxy) is 2. The van der Waals surface area contributed by atoms with E-state index in [4.69, 9.17) is 23.8 Å². The number of hydrogen-bond donors (Lipinski definition) is 2. The topological polar surface area (TPSA) is 148 Å². The van der Waals surface area contributed by atoms with Gasteiger partial charge in [-0.15, -0.1) is 0 Å². The van der Waals surface area contributed by atoms with E-state index < -0.39 is 43.8 Å². The standard InChI is InChI=1S/C40H42N5O7P/c1-6-40-23-49-34(35(40)52-53(50-21-9-19-41)45(24(2)3)25(4)5)38(51-40)44-22-29(36(46)43-39(44)48)12-8-20-42-37(47)31-18-16-28-14-13-26-10-7-11-27-15-17-30(31)33(28)32(26)27/h7,10-11,13-18,22,24-25,34-35,38H,6,9,20-21,23H2,1-5H3,(H,42,47)(H,43,46,48)/t34-,35?,38-,40-,53?/m1/s1. The Kier molecular flexibility index (Phi) is 10.4. The molecule has 2 aliphatic heterocycles. The molecule has 0 saturated carbocycles. The van der Waals surface area contributed by atoms with E-state index in [0.717, 1.165) is 32.3 Å². The molecule has 53 heavy (non-hydrogen) atoms. The molecule has 2 bridgehead atoms. The molecule has 2 N–H and O–H groups in total. The number of nitrogens with one attached hydrogen (secondary N) is 2. The first-order chi connectivity index (χ1) is 25.6. The van der Waals surface area contributed by atoms with Gasteiger partial charge in [0.2, 0.25) is 0 Å². The van der Waals surface area contributed by atoms with Crippen molar-refractivity contribution >= 4 is 46.8 Å². The smallest absolute Gasteiger partial charge is 0.330 e. The molecule has 1 aromatic heterocycles. The molecule has 5 atom stereocenters. The van der Waals surface area contributed by atoms with Crippen molar-refractivity contribution < 1.29 is 23.3 Å². The second kappa shape index (κ2) is 15.0. The van der Waals surface area contributed by atoms with Crippen LogP contribution in [0, 0.1) is 23.2 Å². The Morgan fingerprint density at radius 3 is 2.47 bits per heavy atom. The van der Waals surface area contributed by atoms with Crippen molar-refractivity contribution in [2.24, 2.45) is 0 Å². The van der Waals surface area contributed by atoms with Gasteiger partial charge in [-0.2, -0.15) is 5.26 Å². The fourth-order valence-electron chi connectivity index (χ4n) is 7.55. The van der Waals surface area contributed by atoms with Gasteiger partial charge in [0, 0.05) is 23.8 Å². The molecular formula is C40H42N5O7P. The highest BCUT2D eigenvalue weighted by molar-refractivity contribution is 7.44. The molecule has 5 aromatic rings. The first kappa shape index (κ1) is 36.7. The van der Waals surface area contributed by atoms with E-state index in [1.165, 1.54) is 10.8 Å². The number of nitriles is 1. The molecule has 4 aromatic carbocycles. The summed E-state index contributed by atoms with van der Waals surface area (Å²) in [4.78, 5) is 41.9. The lowest BCUT2D eigenvalue weighted by Gasteiger charge is -2.38. The lowest BCUT2D eigenvalue weighted by Crippen LogP contribution is -2.43. The summed E-state index contributed by atoms with van der Waals surface area (Å²) < 4.78 is 29.1. The van der Waals surface area contributed by atoms with Crippen molar-refractivity contribution in [1.29, 1.82) is 5.26 Å². The van der Waals surface area contributed by atoms with Gasteiger partial charge in [-0.1, -0.05) is 67.3 Å². The number of aromatic nitrogens is 2. The first-order valence-electron chi connectivity index (χ1n) is 17.9. The molecule has 0 spiro atoms. The Hall–Kier alpha value is -4.65. The molecular weight excluding hydrogens is 693 g/mol. The number of benzene rings is 4. The summed E-state index contributed by atoms with van der Waals surface area (Å²) in [6.07, 6.45) is -0.0625. The molecule has 12 nitrogen and oxygen atoms in total. The summed E-state index contributed by atoms with van der Waals surface area (Å²) >= 11 is 0. The predicted molar refractivity (Wildman–Crippen MR) is 204 cm³/mol. The maximum absolute atomic E-state index is 13.4. The fraction of sp³-hybridized carbons (Fsp3) is 0.400. The minimum absolute atomic E-state index is 0.0303. The Labute approximate surface area is 308 Å². The summed E-state index contributed by atoms with van der Waals surface area (Å²) in [5.74, 6) is 5.40. The summed E-state index contributed by atoms with van der Waals surface area (Å²) in [5, 5.41) is 18.3. The monoisotopic (exact) mass is 735 g/mol. The van der Waals surface area contributed by atoms with E-state index in [0.29, 0.717) is 12.0 Å². The van der Waals surface area contributed by atoms with Gasteiger partial charge in [0.25, 0.3) is 20.0 Å². The first-order valence-corrected chi connectivity index (χ1v) is 19.0. The van der Waals surface area contributed by atoms with Crippen molar-refractivity contribution in [1.82, 2.24) is 19.5 Å². The predicted octanol–water partition coefficient (Wildman–Crippen LogP) is 5.95. The molecule has 2 saturated heterocycles. The van der Waals surface area contributed by atoms with E-state index in [-0.39, 0.29) is 49.7 Å². The maximum Gasteiger partial charge on any atom is 0.330 e. The fourth-order valence-corrected chi connectivity index (χ4v) is 9.36. The zero-order valence-electron chi connectivity index (χ0n) is 30.3. The van der Waals surface area contributed by atoms with Gasteiger partial charge in [0.15, 0.2) is 6.23 Å². The number of rotatable bonds is 12. The van der Waals surface area contributed by atoms with E-state index in [1.807, 2.05) is 37.3 Å². The third-order valence-electron chi connectivity index (χ3n) is 10.0. The number of nitrogens with zero attached hydrogens (tertiary/aromatic N) is 3. The normalized spacial score (nSPS) is 21.5. The van der Waals surface area contributed by atoms with Gasteiger partial charge in [-0.3, -0.25) is 19.1 Å². The van der Waals surface area contributed by atoms with Crippen LogP contribution in [0.5, 0.6) is 0 Å². The van der Waals surface area contributed by atoms with Crippen molar-refractivity contribution in [3.8, 4) is 17.9 Å². The van der Waals surface area contributed by atoms with Crippen LogP contribution in [0.25, 0.3) is 32.3 Å². The van der Waals surface area contributed by atoms with Crippen LogP contribution in [-0.4, -0.2) is 69.8 Å². The summed E-state index contributed by atoms with van der Waals surface area (Å²) in [6, 6.07) is 20.4. The largest absolute Gasteiger partial charge is 0.368 e. The molecule has 2 fully saturated rings. The maximum atomic E-state index is 13.4. The van der Waals surface area contributed by atoms with Gasteiger partial charge >= 0.3 is 5.69 Å². The van der Waals surface area contributed by atoms with Crippen LogP contribution in [0.2, 0.25) is 0 Å². The SMILES string of the molecule is CC[C@@]12CO[C@H](C1OP(OCCC#N)N(C(C)C)C(C)C)[C@H](n1cc(C#CCNC(=O)c3ccc4ccc5cccc6ccc3c4c56)c(=O)[nH]c1=O)O2. The number of H-pyrrole nitrogens is 1. The second-order valence-electron chi connectivity index (χ2n) is 13.9. The van der Waals surface area contributed by atoms with Crippen LogP contribution in [0.4, 0.5) is 0 Å². The summed E-state index contributed by atoms with van der Waals surface area (Å²) in [7, 11) is -1.62. The molecule has 1 amide bonds. The zero-order chi connectivity index (χ0) is 37.4. The van der Waals surface area contributed by atoms with Gasteiger partial charge in [-0.05, 0) is 72.5 Å². The highest BCUT2D eigenvalue weighted by atomic mass is 31.2. The summed E-state index contributed by atoms with van der Waals surface area (Å²) in [5.41, 5.74) is -1.64. The average molecular weight is 736 g/mol. The highest BCUT2D eigenvalue weighted by Crippen LogP contribution is 2.55. The lowest BCUT2D eigenvalue weighted by molar-refractivity contribution is -0.175. The third-order valence-corrected chi connectivity index (χ3v) is 12.1. The van der Waals surface area contributed by atoms with Crippen LogP contribution in [0.3, 0.4) is 0 Å². The van der Waals surface area contributed by atoms with E-state index >= 15 is 0 Å². The number of amides is 1. The molecule has 3 heterocycles. The van der Waals surface area contributed by atoms with Crippen LogP contribution in [0.1, 0.15) is 69.6 Å². The minimum atomic E-state index is -1.62.